The maximum absolute atomic E-state index is 12.8. The number of aromatic nitrogens is 2. The summed E-state index contributed by atoms with van der Waals surface area (Å²) in [6, 6.07) is 15.7. The molecule has 0 aliphatic heterocycles. The van der Waals surface area contributed by atoms with Crippen molar-refractivity contribution in [3.8, 4) is 17.5 Å². The molecule has 0 unspecified atom stereocenters. The van der Waals surface area contributed by atoms with Gasteiger partial charge in [-0.05, 0) is 35.6 Å². The van der Waals surface area contributed by atoms with Gasteiger partial charge in [0.25, 0.3) is 5.91 Å². The first-order valence-electron chi connectivity index (χ1n) is 10.0. The number of carboxylic acids is 1. The first-order valence-corrected chi connectivity index (χ1v) is 10.0. The summed E-state index contributed by atoms with van der Waals surface area (Å²) >= 11 is 0. The summed E-state index contributed by atoms with van der Waals surface area (Å²) in [6.07, 6.45) is 2.84. The van der Waals surface area contributed by atoms with E-state index in [0.29, 0.717) is 28.1 Å². The van der Waals surface area contributed by atoms with Crippen molar-refractivity contribution < 1.29 is 14.7 Å². The smallest absolute Gasteiger partial charge is 0.333 e. The van der Waals surface area contributed by atoms with Gasteiger partial charge in [0.05, 0.1) is 5.56 Å². The Hall–Kier alpha value is -4.05. The van der Waals surface area contributed by atoms with E-state index in [1.54, 1.807) is 36.4 Å². The van der Waals surface area contributed by atoms with Gasteiger partial charge >= 0.3 is 5.97 Å². The molecule has 0 radical (unpaired) electrons. The van der Waals surface area contributed by atoms with E-state index in [1.165, 1.54) is 19.3 Å². The van der Waals surface area contributed by atoms with Crippen LogP contribution in [0.15, 0.2) is 60.9 Å². The van der Waals surface area contributed by atoms with Crippen molar-refractivity contribution in [2.24, 2.45) is 0 Å². The first kappa shape index (κ1) is 22.6. The van der Waals surface area contributed by atoms with Crippen molar-refractivity contribution in [3.05, 3.63) is 83.2 Å². The molecule has 0 saturated heterocycles. The summed E-state index contributed by atoms with van der Waals surface area (Å²) in [5.41, 5.74) is 1.19. The lowest BCUT2D eigenvalue weighted by molar-refractivity contribution is -0.144. The van der Waals surface area contributed by atoms with Crippen LogP contribution in [0.1, 0.15) is 54.7 Å². The molecule has 2 N–H and O–H groups in total. The Kier molecular flexibility index (Phi) is 6.08. The maximum Gasteiger partial charge on any atom is 0.333 e. The molecule has 0 bridgehead atoms. The Labute approximate surface area is 186 Å². The first-order chi connectivity index (χ1) is 15.0. The minimum atomic E-state index is -1.64. The van der Waals surface area contributed by atoms with Gasteiger partial charge in [-0.3, -0.25) is 4.79 Å². The summed E-state index contributed by atoms with van der Waals surface area (Å²) in [7, 11) is 0. The number of nitriles is 1. The topological polar surface area (TPSA) is 116 Å². The molecule has 162 valence electrons. The number of benzene rings is 2. The number of carbonyl (C=O) groups excluding carboxylic acids is 1. The lowest BCUT2D eigenvalue weighted by Crippen LogP contribution is -2.49. The zero-order valence-corrected chi connectivity index (χ0v) is 18.4. The average molecular weight is 428 g/mol. The van der Waals surface area contributed by atoms with Crippen LogP contribution in [-0.4, -0.2) is 27.0 Å². The van der Waals surface area contributed by atoms with Crippen molar-refractivity contribution in [2.45, 2.75) is 38.6 Å². The molecule has 0 spiro atoms. The lowest BCUT2D eigenvalue weighted by Gasteiger charge is -2.27. The van der Waals surface area contributed by atoms with E-state index in [1.807, 2.05) is 18.2 Å². The van der Waals surface area contributed by atoms with Crippen molar-refractivity contribution >= 4 is 11.9 Å². The Morgan fingerprint density at radius 1 is 0.906 bits per heavy atom. The highest BCUT2D eigenvalue weighted by molar-refractivity contribution is 5.98. The fourth-order valence-corrected chi connectivity index (χ4v) is 3.16. The molecule has 2 aromatic carbocycles. The number of nitrogens with one attached hydrogen (secondary N) is 1. The highest BCUT2D eigenvalue weighted by Crippen LogP contribution is 2.26. The highest BCUT2D eigenvalue weighted by Gasteiger charge is 2.37. The highest BCUT2D eigenvalue weighted by atomic mass is 16.4. The largest absolute Gasteiger partial charge is 0.479 e. The van der Waals surface area contributed by atoms with Crippen LogP contribution in [-0.2, 0) is 15.7 Å². The number of carbonyl (C=O) groups is 2. The van der Waals surface area contributed by atoms with Crippen LogP contribution in [0, 0.1) is 11.3 Å². The van der Waals surface area contributed by atoms with Crippen molar-refractivity contribution in [2.75, 3.05) is 0 Å². The van der Waals surface area contributed by atoms with E-state index in [9.17, 15) is 14.7 Å². The monoisotopic (exact) mass is 428 g/mol. The van der Waals surface area contributed by atoms with E-state index < -0.39 is 17.4 Å². The van der Waals surface area contributed by atoms with Crippen molar-refractivity contribution in [1.29, 1.82) is 5.26 Å². The molecule has 1 atom stereocenters. The van der Waals surface area contributed by atoms with Crippen LogP contribution in [0.2, 0.25) is 0 Å². The van der Waals surface area contributed by atoms with Crippen LogP contribution in [0.4, 0.5) is 0 Å². The zero-order chi connectivity index (χ0) is 23.5. The molecule has 3 aromatic rings. The number of hydrogen-bond donors (Lipinski definition) is 2. The third kappa shape index (κ3) is 4.65. The standard InChI is InChI=1S/C25H24N4O3/c1-24(2,3)19-9-7-18(8-10-19)22(30)29-25(4,23(31)32)20-11-5-17(6-12-20)21-27-14-16(13-26)15-28-21/h5-12,14-15H,1-4H3,(H,29,30)(H,31,32)/t25-/m0/s1. The number of aliphatic carboxylic acids is 1. The second-order valence-electron chi connectivity index (χ2n) is 8.70. The molecule has 1 amide bonds. The van der Waals surface area contributed by atoms with Crippen LogP contribution < -0.4 is 5.32 Å². The van der Waals surface area contributed by atoms with E-state index in [2.05, 4.69) is 36.1 Å². The molecule has 1 aromatic heterocycles. The molecule has 0 aliphatic rings. The van der Waals surface area contributed by atoms with Gasteiger partial charge in [0.15, 0.2) is 11.4 Å². The molecule has 0 aliphatic carbocycles. The summed E-state index contributed by atoms with van der Waals surface area (Å²) < 4.78 is 0. The molecule has 7 heteroatoms. The van der Waals surface area contributed by atoms with Crippen molar-refractivity contribution in [3.63, 3.8) is 0 Å². The number of nitrogens with zero attached hydrogens (tertiary/aromatic N) is 3. The predicted molar refractivity (Wildman–Crippen MR) is 120 cm³/mol. The Morgan fingerprint density at radius 3 is 1.91 bits per heavy atom. The molecule has 32 heavy (non-hydrogen) atoms. The minimum Gasteiger partial charge on any atom is -0.479 e. The van der Waals surface area contributed by atoms with Gasteiger partial charge in [0, 0.05) is 23.5 Å². The SMILES string of the molecule is CC(C)(C)c1ccc(C(=O)N[C@](C)(C(=O)O)c2ccc(-c3ncc(C#N)cn3)cc2)cc1. The lowest BCUT2D eigenvalue weighted by atomic mass is 9.86. The molecule has 0 saturated carbocycles. The molecule has 0 fully saturated rings. The minimum absolute atomic E-state index is 0.0506. The van der Waals surface area contributed by atoms with Gasteiger partial charge in [0.1, 0.15) is 6.07 Å². The number of hydrogen-bond acceptors (Lipinski definition) is 5. The fourth-order valence-electron chi connectivity index (χ4n) is 3.16. The van der Waals surface area contributed by atoms with Gasteiger partial charge in [-0.1, -0.05) is 57.2 Å². The summed E-state index contributed by atoms with van der Waals surface area (Å²) in [5.74, 6) is -1.25. The molecule has 7 nitrogen and oxygen atoms in total. The third-order valence-electron chi connectivity index (χ3n) is 5.31. The summed E-state index contributed by atoms with van der Waals surface area (Å²) in [4.78, 5) is 33.2. The number of amides is 1. The van der Waals surface area contributed by atoms with Crippen LogP contribution in [0.3, 0.4) is 0 Å². The second-order valence-corrected chi connectivity index (χ2v) is 8.70. The molecular formula is C25H24N4O3. The molecule has 1 heterocycles. The number of rotatable bonds is 5. The van der Waals surface area contributed by atoms with Crippen LogP contribution >= 0.6 is 0 Å². The van der Waals surface area contributed by atoms with Gasteiger partial charge in [-0.15, -0.1) is 0 Å². The summed E-state index contributed by atoms with van der Waals surface area (Å²) in [5, 5.41) is 21.4. The Bertz CT molecular complexity index is 1170. The third-order valence-corrected chi connectivity index (χ3v) is 5.31. The maximum atomic E-state index is 12.8. The van der Waals surface area contributed by atoms with Crippen LogP contribution in [0.5, 0.6) is 0 Å². The van der Waals surface area contributed by atoms with Gasteiger partial charge in [-0.25, -0.2) is 14.8 Å². The van der Waals surface area contributed by atoms with E-state index >= 15 is 0 Å². The van der Waals surface area contributed by atoms with Gasteiger partial charge in [0.2, 0.25) is 0 Å². The van der Waals surface area contributed by atoms with Gasteiger partial charge < -0.3 is 10.4 Å². The van der Waals surface area contributed by atoms with Gasteiger partial charge in [-0.2, -0.15) is 5.26 Å². The zero-order valence-electron chi connectivity index (χ0n) is 18.4. The summed E-state index contributed by atoms with van der Waals surface area (Å²) in [6.45, 7) is 7.69. The Morgan fingerprint density at radius 2 is 1.44 bits per heavy atom. The van der Waals surface area contributed by atoms with Crippen LogP contribution in [0.25, 0.3) is 11.4 Å². The predicted octanol–water partition coefficient (Wildman–Crippen LogP) is 4.04. The molecule has 3 rings (SSSR count). The van der Waals surface area contributed by atoms with E-state index in [-0.39, 0.29) is 5.41 Å². The van der Waals surface area contributed by atoms with E-state index in [4.69, 9.17) is 5.26 Å². The Balaban J connectivity index is 1.85. The average Bonchev–Trinajstić information content (AvgIpc) is 2.78. The van der Waals surface area contributed by atoms with Crippen molar-refractivity contribution in [1.82, 2.24) is 15.3 Å². The normalized spacial score (nSPS) is 13.0. The van der Waals surface area contributed by atoms with E-state index in [0.717, 1.165) is 5.56 Å². The fraction of sp³-hybridized carbons (Fsp3) is 0.240. The quantitative estimate of drug-likeness (QED) is 0.633. The molecular weight excluding hydrogens is 404 g/mol. The number of carboxylic acid groups (broad SMARTS) is 1. The second kappa shape index (κ2) is 8.60.